The Morgan fingerprint density at radius 2 is 1.67 bits per heavy atom. The fraction of sp³-hybridized carbons (Fsp3) is 0.412. The molecule has 0 heterocycles. The third kappa shape index (κ3) is 2.15. The van der Waals surface area contributed by atoms with Crippen LogP contribution in [0.15, 0.2) is 30.3 Å². The molecule has 0 amide bonds. The highest BCUT2D eigenvalue weighted by Crippen LogP contribution is 2.34. The maximum atomic E-state index is 9.77. The van der Waals surface area contributed by atoms with Crippen LogP contribution in [0.25, 0.3) is 10.8 Å². The molecule has 0 atom stereocenters. The van der Waals surface area contributed by atoms with Crippen molar-refractivity contribution in [1.82, 2.24) is 0 Å². The van der Waals surface area contributed by atoms with Crippen LogP contribution >= 0.6 is 0 Å². The van der Waals surface area contributed by atoms with Gasteiger partial charge in [0.05, 0.1) is 6.61 Å². The van der Waals surface area contributed by atoms with Gasteiger partial charge in [0.25, 0.3) is 0 Å². The molecule has 1 nitrogen and oxygen atoms in total. The fourth-order valence-electron chi connectivity index (χ4n) is 2.79. The second-order valence-corrected chi connectivity index (χ2v) is 5.55. The van der Waals surface area contributed by atoms with Crippen LogP contribution in [0, 0.1) is 0 Å². The second-order valence-electron chi connectivity index (χ2n) is 5.55. The SMILES string of the molecule is CC(C)c1cc2ccccc2c(CO)c1C(C)C. The molecule has 0 radical (unpaired) electrons. The molecule has 0 saturated heterocycles. The van der Waals surface area contributed by atoms with Crippen LogP contribution in [-0.2, 0) is 6.61 Å². The van der Waals surface area contributed by atoms with E-state index < -0.39 is 0 Å². The van der Waals surface area contributed by atoms with Crippen LogP contribution in [0.2, 0.25) is 0 Å². The Hall–Kier alpha value is -1.34. The van der Waals surface area contributed by atoms with Crippen molar-refractivity contribution in [3.8, 4) is 0 Å². The minimum atomic E-state index is 0.120. The van der Waals surface area contributed by atoms with E-state index in [1.54, 1.807) is 0 Å². The Morgan fingerprint density at radius 1 is 1.00 bits per heavy atom. The topological polar surface area (TPSA) is 20.2 Å². The van der Waals surface area contributed by atoms with Gasteiger partial charge in [-0.2, -0.15) is 0 Å². The molecule has 2 rings (SSSR count). The number of aliphatic hydroxyl groups excluding tert-OH is 1. The Bertz CT molecular complexity index is 553. The maximum absolute atomic E-state index is 9.77. The number of fused-ring (bicyclic) bond motifs is 1. The quantitative estimate of drug-likeness (QED) is 0.835. The predicted molar refractivity (Wildman–Crippen MR) is 78.0 cm³/mol. The van der Waals surface area contributed by atoms with Crippen molar-refractivity contribution in [3.63, 3.8) is 0 Å². The summed E-state index contributed by atoms with van der Waals surface area (Å²) in [6, 6.07) is 10.6. The number of aliphatic hydroxyl groups is 1. The molecular weight excluding hydrogens is 220 g/mol. The van der Waals surface area contributed by atoms with Gasteiger partial charge in [-0.25, -0.2) is 0 Å². The van der Waals surface area contributed by atoms with E-state index in [0.717, 1.165) is 5.56 Å². The number of benzene rings is 2. The zero-order chi connectivity index (χ0) is 13.3. The molecule has 1 N–H and O–H groups in total. The van der Waals surface area contributed by atoms with Gasteiger partial charge in [0, 0.05) is 0 Å². The summed E-state index contributed by atoms with van der Waals surface area (Å²) in [5, 5.41) is 12.2. The monoisotopic (exact) mass is 242 g/mol. The maximum Gasteiger partial charge on any atom is 0.0690 e. The lowest BCUT2D eigenvalue weighted by atomic mass is 9.84. The van der Waals surface area contributed by atoms with E-state index in [4.69, 9.17) is 0 Å². The molecule has 0 aromatic heterocycles. The Balaban J connectivity index is 2.87. The van der Waals surface area contributed by atoms with Gasteiger partial charge in [-0.1, -0.05) is 58.0 Å². The van der Waals surface area contributed by atoms with Gasteiger partial charge < -0.3 is 5.11 Å². The Kier molecular flexibility index (Phi) is 3.72. The van der Waals surface area contributed by atoms with Crippen molar-refractivity contribution in [2.24, 2.45) is 0 Å². The van der Waals surface area contributed by atoms with Crippen LogP contribution in [0.5, 0.6) is 0 Å². The number of rotatable bonds is 3. The van der Waals surface area contributed by atoms with Gasteiger partial charge in [-0.3, -0.25) is 0 Å². The molecule has 2 aromatic carbocycles. The van der Waals surface area contributed by atoms with Gasteiger partial charge >= 0.3 is 0 Å². The van der Waals surface area contributed by atoms with Crippen molar-refractivity contribution in [2.45, 2.75) is 46.1 Å². The molecular formula is C17H22O. The van der Waals surface area contributed by atoms with E-state index in [1.165, 1.54) is 21.9 Å². The van der Waals surface area contributed by atoms with E-state index in [1.807, 2.05) is 6.07 Å². The van der Waals surface area contributed by atoms with Crippen molar-refractivity contribution >= 4 is 10.8 Å². The largest absolute Gasteiger partial charge is 0.392 e. The van der Waals surface area contributed by atoms with E-state index in [0.29, 0.717) is 11.8 Å². The van der Waals surface area contributed by atoms with Crippen LogP contribution in [0.1, 0.15) is 56.2 Å². The van der Waals surface area contributed by atoms with Crippen molar-refractivity contribution in [1.29, 1.82) is 0 Å². The summed E-state index contributed by atoms with van der Waals surface area (Å²) in [6.07, 6.45) is 0. The molecule has 0 unspecified atom stereocenters. The third-order valence-corrected chi connectivity index (χ3v) is 3.59. The molecule has 0 aliphatic carbocycles. The molecule has 0 bridgehead atoms. The Morgan fingerprint density at radius 3 is 2.22 bits per heavy atom. The summed E-state index contributed by atoms with van der Waals surface area (Å²) in [5.74, 6) is 0.923. The molecule has 0 spiro atoms. The first kappa shape index (κ1) is 13.1. The second kappa shape index (κ2) is 5.11. The predicted octanol–water partition coefficient (Wildman–Crippen LogP) is 4.58. The smallest absolute Gasteiger partial charge is 0.0690 e. The van der Waals surface area contributed by atoms with Crippen LogP contribution in [-0.4, -0.2) is 5.11 Å². The standard InChI is InChI=1S/C17H22O/c1-11(2)15-9-13-7-5-6-8-14(13)16(10-18)17(15)12(3)4/h5-9,11-12,18H,10H2,1-4H3. The molecule has 18 heavy (non-hydrogen) atoms. The molecule has 0 aliphatic rings. The van der Waals surface area contributed by atoms with Gasteiger partial charge in [0.15, 0.2) is 0 Å². The molecule has 0 saturated carbocycles. The molecule has 1 heteroatoms. The van der Waals surface area contributed by atoms with Crippen molar-refractivity contribution < 1.29 is 5.11 Å². The highest BCUT2D eigenvalue weighted by Gasteiger charge is 2.17. The van der Waals surface area contributed by atoms with Gasteiger partial charge in [-0.15, -0.1) is 0 Å². The van der Waals surface area contributed by atoms with Crippen molar-refractivity contribution in [3.05, 3.63) is 47.0 Å². The van der Waals surface area contributed by atoms with Crippen LogP contribution < -0.4 is 0 Å². The van der Waals surface area contributed by atoms with Crippen LogP contribution in [0.3, 0.4) is 0 Å². The molecule has 2 aromatic rings. The summed E-state index contributed by atoms with van der Waals surface area (Å²) in [5.41, 5.74) is 3.80. The molecule has 0 aliphatic heterocycles. The van der Waals surface area contributed by atoms with E-state index in [-0.39, 0.29) is 6.61 Å². The lowest BCUT2D eigenvalue weighted by molar-refractivity contribution is 0.281. The van der Waals surface area contributed by atoms with E-state index >= 15 is 0 Å². The molecule has 0 fully saturated rings. The number of hydrogen-bond acceptors (Lipinski definition) is 1. The molecule has 96 valence electrons. The first-order valence-corrected chi connectivity index (χ1v) is 6.71. The zero-order valence-corrected chi connectivity index (χ0v) is 11.7. The summed E-state index contributed by atoms with van der Waals surface area (Å²) >= 11 is 0. The third-order valence-electron chi connectivity index (χ3n) is 3.59. The summed E-state index contributed by atoms with van der Waals surface area (Å²) in [7, 11) is 0. The minimum absolute atomic E-state index is 0.120. The first-order valence-electron chi connectivity index (χ1n) is 6.71. The lowest BCUT2D eigenvalue weighted by Gasteiger charge is -2.21. The fourth-order valence-corrected chi connectivity index (χ4v) is 2.79. The van der Waals surface area contributed by atoms with Crippen molar-refractivity contribution in [2.75, 3.05) is 0 Å². The van der Waals surface area contributed by atoms with E-state index in [9.17, 15) is 5.11 Å². The van der Waals surface area contributed by atoms with Gasteiger partial charge in [0.2, 0.25) is 0 Å². The van der Waals surface area contributed by atoms with Gasteiger partial charge in [-0.05, 0) is 39.3 Å². The van der Waals surface area contributed by atoms with E-state index in [2.05, 4.69) is 52.0 Å². The Labute approximate surface area is 109 Å². The number of hydrogen-bond donors (Lipinski definition) is 1. The van der Waals surface area contributed by atoms with Crippen LogP contribution in [0.4, 0.5) is 0 Å². The highest BCUT2D eigenvalue weighted by molar-refractivity contribution is 5.88. The first-order chi connectivity index (χ1) is 8.56. The summed E-state index contributed by atoms with van der Waals surface area (Å²) < 4.78 is 0. The lowest BCUT2D eigenvalue weighted by Crippen LogP contribution is -2.05. The summed E-state index contributed by atoms with van der Waals surface area (Å²) in [6.45, 7) is 8.97. The zero-order valence-electron chi connectivity index (χ0n) is 11.7. The average molecular weight is 242 g/mol. The van der Waals surface area contributed by atoms with Gasteiger partial charge in [0.1, 0.15) is 0 Å². The summed E-state index contributed by atoms with van der Waals surface area (Å²) in [4.78, 5) is 0. The minimum Gasteiger partial charge on any atom is -0.392 e. The normalized spacial score (nSPS) is 11.7. The average Bonchev–Trinajstić information content (AvgIpc) is 2.35. The highest BCUT2D eigenvalue weighted by atomic mass is 16.3.